The highest BCUT2D eigenvalue weighted by molar-refractivity contribution is 7.14. The van der Waals surface area contributed by atoms with Crippen LogP contribution < -0.4 is 10.6 Å². The summed E-state index contributed by atoms with van der Waals surface area (Å²) < 4.78 is 0. The number of hydrogen-bond donors (Lipinski definition) is 2. The summed E-state index contributed by atoms with van der Waals surface area (Å²) in [5.74, 6) is -0.106. The van der Waals surface area contributed by atoms with E-state index < -0.39 is 0 Å². The predicted octanol–water partition coefficient (Wildman–Crippen LogP) is 4.12. The standard InChI is InChI=1S/C18H23N3OS/c1-18(2,3)13-8-6-12(7-9-13)16(22)21-17-20-15(11-23-17)14-5-4-10-19-14/h6-9,11,14,19H,4-5,10H2,1-3H3,(H,20,21,22). The summed E-state index contributed by atoms with van der Waals surface area (Å²) in [5, 5.41) is 9.02. The molecule has 1 atom stereocenters. The van der Waals surface area contributed by atoms with Gasteiger partial charge in [0.05, 0.1) is 11.7 Å². The largest absolute Gasteiger partial charge is 0.309 e. The molecule has 23 heavy (non-hydrogen) atoms. The molecule has 1 unspecified atom stereocenters. The van der Waals surface area contributed by atoms with E-state index in [1.54, 1.807) is 0 Å². The van der Waals surface area contributed by atoms with Gasteiger partial charge in [-0.05, 0) is 42.5 Å². The van der Waals surface area contributed by atoms with Gasteiger partial charge in [0, 0.05) is 10.9 Å². The van der Waals surface area contributed by atoms with Gasteiger partial charge in [-0.3, -0.25) is 10.1 Å². The lowest BCUT2D eigenvalue weighted by Gasteiger charge is -2.18. The molecule has 1 aromatic carbocycles. The molecule has 1 aliphatic heterocycles. The van der Waals surface area contributed by atoms with E-state index in [1.807, 2.05) is 29.6 Å². The fourth-order valence-corrected chi connectivity index (χ4v) is 3.49. The molecular formula is C18H23N3OS. The average Bonchev–Trinajstić information content (AvgIpc) is 3.17. The van der Waals surface area contributed by atoms with Gasteiger partial charge in [-0.25, -0.2) is 4.98 Å². The molecule has 0 radical (unpaired) electrons. The number of hydrogen-bond acceptors (Lipinski definition) is 4. The molecule has 0 bridgehead atoms. The third-order valence-electron chi connectivity index (χ3n) is 4.17. The Bertz CT molecular complexity index is 679. The van der Waals surface area contributed by atoms with Gasteiger partial charge in [0.1, 0.15) is 0 Å². The minimum Gasteiger partial charge on any atom is -0.309 e. The first-order chi connectivity index (χ1) is 10.9. The average molecular weight is 329 g/mol. The van der Waals surface area contributed by atoms with Gasteiger partial charge < -0.3 is 5.32 Å². The molecule has 1 aliphatic rings. The van der Waals surface area contributed by atoms with E-state index in [1.165, 1.54) is 23.3 Å². The maximum atomic E-state index is 12.3. The quantitative estimate of drug-likeness (QED) is 0.891. The van der Waals surface area contributed by atoms with Crippen LogP contribution in [-0.2, 0) is 5.41 Å². The molecule has 0 aliphatic carbocycles. The molecule has 1 fully saturated rings. The second-order valence-corrected chi connectivity index (χ2v) is 7.87. The lowest BCUT2D eigenvalue weighted by molar-refractivity contribution is 0.102. The molecule has 1 amide bonds. The molecular weight excluding hydrogens is 306 g/mol. The van der Waals surface area contributed by atoms with Crippen molar-refractivity contribution in [1.29, 1.82) is 0 Å². The van der Waals surface area contributed by atoms with Gasteiger partial charge in [0.2, 0.25) is 0 Å². The van der Waals surface area contributed by atoms with E-state index in [0.29, 0.717) is 16.7 Å². The van der Waals surface area contributed by atoms with Gasteiger partial charge in [-0.15, -0.1) is 11.3 Å². The van der Waals surface area contributed by atoms with E-state index >= 15 is 0 Å². The summed E-state index contributed by atoms with van der Waals surface area (Å²) in [4.78, 5) is 16.9. The number of benzene rings is 1. The highest BCUT2D eigenvalue weighted by atomic mass is 32.1. The third-order valence-corrected chi connectivity index (χ3v) is 4.95. The number of nitrogens with one attached hydrogen (secondary N) is 2. The van der Waals surface area contributed by atoms with Gasteiger partial charge >= 0.3 is 0 Å². The summed E-state index contributed by atoms with van der Waals surface area (Å²) in [7, 11) is 0. The number of rotatable bonds is 3. The molecule has 1 saturated heterocycles. The van der Waals surface area contributed by atoms with Crippen molar-refractivity contribution in [3.8, 4) is 0 Å². The Balaban J connectivity index is 1.67. The van der Waals surface area contributed by atoms with Crippen LogP contribution in [0.15, 0.2) is 29.6 Å². The highest BCUT2D eigenvalue weighted by Crippen LogP contribution is 2.27. The number of nitrogens with zero attached hydrogens (tertiary/aromatic N) is 1. The van der Waals surface area contributed by atoms with Gasteiger partial charge in [0.25, 0.3) is 5.91 Å². The smallest absolute Gasteiger partial charge is 0.257 e. The van der Waals surface area contributed by atoms with E-state index in [9.17, 15) is 4.79 Å². The first kappa shape index (κ1) is 16.1. The van der Waals surface area contributed by atoms with E-state index in [-0.39, 0.29) is 11.3 Å². The second-order valence-electron chi connectivity index (χ2n) is 7.01. The fourth-order valence-electron chi connectivity index (χ4n) is 2.73. The zero-order valence-electron chi connectivity index (χ0n) is 13.8. The summed E-state index contributed by atoms with van der Waals surface area (Å²) >= 11 is 1.48. The van der Waals surface area contributed by atoms with Gasteiger partial charge in [0.15, 0.2) is 5.13 Å². The van der Waals surface area contributed by atoms with Gasteiger partial charge in [-0.2, -0.15) is 0 Å². The lowest BCUT2D eigenvalue weighted by Crippen LogP contribution is -2.15. The zero-order chi connectivity index (χ0) is 16.4. The van der Waals surface area contributed by atoms with Crippen molar-refractivity contribution in [3.63, 3.8) is 0 Å². The third kappa shape index (κ3) is 3.79. The van der Waals surface area contributed by atoms with Crippen molar-refractivity contribution in [3.05, 3.63) is 46.5 Å². The fraction of sp³-hybridized carbons (Fsp3) is 0.444. The van der Waals surface area contributed by atoms with Crippen LogP contribution >= 0.6 is 11.3 Å². The predicted molar refractivity (Wildman–Crippen MR) is 95.2 cm³/mol. The number of carbonyl (C=O) groups is 1. The lowest BCUT2D eigenvalue weighted by atomic mass is 9.87. The Morgan fingerprint density at radius 1 is 1.30 bits per heavy atom. The van der Waals surface area contributed by atoms with Crippen LogP contribution in [0, 0.1) is 0 Å². The van der Waals surface area contributed by atoms with E-state index in [2.05, 4.69) is 36.4 Å². The molecule has 4 nitrogen and oxygen atoms in total. The number of amides is 1. The van der Waals surface area contributed by atoms with E-state index in [4.69, 9.17) is 0 Å². The number of anilines is 1. The molecule has 3 rings (SSSR count). The number of aromatic nitrogens is 1. The van der Waals surface area contributed by atoms with Crippen LogP contribution in [0.2, 0.25) is 0 Å². The Hall–Kier alpha value is -1.72. The number of thiazole rings is 1. The maximum Gasteiger partial charge on any atom is 0.257 e. The summed E-state index contributed by atoms with van der Waals surface area (Å²) in [6, 6.07) is 8.13. The Kier molecular flexibility index (Phi) is 4.50. The molecule has 0 saturated carbocycles. The summed E-state index contributed by atoms with van der Waals surface area (Å²) in [6.45, 7) is 7.53. The van der Waals surface area contributed by atoms with Crippen molar-refractivity contribution in [2.45, 2.75) is 45.1 Å². The minimum atomic E-state index is -0.106. The maximum absolute atomic E-state index is 12.3. The SMILES string of the molecule is CC(C)(C)c1ccc(C(=O)Nc2nc(C3CCCN3)cs2)cc1. The summed E-state index contributed by atoms with van der Waals surface area (Å²) in [6.07, 6.45) is 2.30. The van der Waals surface area contributed by atoms with Crippen LogP contribution in [0.25, 0.3) is 0 Å². The molecule has 5 heteroatoms. The van der Waals surface area contributed by atoms with Crippen LogP contribution in [0.3, 0.4) is 0 Å². The molecule has 2 N–H and O–H groups in total. The van der Waals surface area contributed by atoms with Crippen molar-refractivity contribution in [2.75, 3.05) is 11.9 Å². The summed E-state index contributed by atoms with van der Waals surface area (Å²) in [5.41, 5.74) is 3.01. The van der Waals surface area contributed by atoms with Crippen LogP contribution in [0.4, 0.5) is 5.13 Å². The topological polar surface area (TPSA) is 54.0 Å². The van der Waals surface area contributed by atoms with Gasteiger partial charge in [-0.1, -0.05) is 32.9 Å². The molecule has 1 aromatic heterocycles. The molecule has 0 spiro atoms. The first-order valence-electron chi connectivity index (χ1n) is 8.04. The minimum absolute atomic E-state index is 0.0908. The van der Waals surface area contributed by atoms with Crippen molar-refractivity contribution < 1.29 is 4.79 Å². The number of carbonyl (C=O) groups excluding carboxylic acids is 1. The van der Waals surface area contributed by atoms with E-state index in [0.717, 1.165) is 18.7 Å². The van der Waals surface area contributed by atoms with Crippen molar-refractivity contribution >= 4 is 22.4 Å². The Labute approximate surface area is 141 Å². The molecule has 2 heterocycles. The second kappa shape index (κ2) is 6.42. The van der Waals surface area contributed by atoms with Crippen molar-refractivity contribution in [2.24, 2.45) is 0 Å². The highest BCUT2D eigenvalue weighted by Gasteiger charge is 2.20. The zero-order valence-corrected chi connectivity index (χ0v) is 14.7. The monoisotopic (exact) mass is 329 g/mol. The Morgan fingerprint density at radius 2 is 2.04 bits per heavy atom. The molecule has 2 aromatic rings. The van der Waals surface area contributed by atoms with Crippen LogP contribution in [0.5, 0.6) is 0 Å². The Morgan fingerprint density at radius 3 is 2.65 bits per heavy atom. The van der Waals surface area contributed by atoms with Crippen LogP contribution in [-0.4, -0.2) is 17.4 Å². The normalized spacial score (nSPS) is 18.1. The first-order valence-corrected chi connectivity index (χ1v) is 8.92. The van der Waals surface area contributed by atoms with Crippen molar-refractivity contribution in [1.82, 2.24) is 10.3 Å². The van der Waals surface area contributed by atoms with Crippen LogP contribution in [0.1, 0.15) is 61.3 Å². The molecule has 122 valence electrons.